The fraction of sp³-hybridized carbons (Fsp3) is 0.400. The van der Waals surface area contributed by atoms with E-state index >= 15 is 0 Å². The fourth-order valence-electron chi connectivity index (χ4n) is 0.941. The molecule has 0 bridgehead atoms. The second-order valence-electron chi connectivity index (χ2n) is 2.87. The number of allylic oxidation sites excluding steroid dienone is 6. The highest BCUT2D eigenvalue weighted by atomic mass is 32.1. The summed E-state index contributed by atoms with van der Waals surface area (Å²) in [6.45, 7) is 4.21. The Morgan fingerprint density at radius 1 is 1.55 bits per heavy atom. The monoisotopic (exact) mass is 166 g/mol. The van der Waals surface area contributed by atoms with Crippen molar-refractivity contribution in [2.45, 2.75) is 13.8 Å². The molecule has 0 aromatic carbocycles. The van der Waals surface area contributed by atoms with Crippen molar-refractivity contribution in [3.8, 4) is 0 Å². The second-order valence-corrected chi connectivity index (χ2v) is 3.38. The molecule has 0 amide bonds. The van der Waals surface area contributed by atoms with Crippen LogP contribution in [0.5, 0.6) is 0 Å². The van der Waals surface area contributed by atoms with Gasteiger partial charge in [0.1, 0.15) is 0 Å². The summed E-state index contributed by atoms with van der Waals surface area (Å²) in [5.74, 6) is 1.23. The lowest BCUT2D eigenvalue weighted by Crippen LogP contribution is -1.97. The first-order chi connectivity index (χ1) is 5.25. The van der Waals surface area contributed by atoms with Crippen molar-refractivity contribution in [3.63, 3.8) is 0 Å². The molecular weight excluding hydrogens is 152 g/mol. The molecule has 1 aliphatic rings. The molecule has 60 valence electrons. The summed E-state index contributed by atoms with van der Waals surface area (Å²) in [6.07, 6.45) is 10.5. The summed E-state index contributed by atoms with van der Waals surface area (Å²) < 4.78 is 0. The van der Waals surface area contributed by atoms with E-state index in [9.17, 15) is 0 Å². The van der Waals surface area contributed by atoms with Gasteiger partial charge in [0.05, 0.1) is 0 Å². The Balaban J connectivity index is 2.44. The molecule has 0 radical (unpaired) electrons. The average Bonchev–Trinajstić information content (AvgIpc) is 2.81. The summed E-state index contributed by atoms with van der Waals surface area (Å²) in [6, 6.07) is 0. The van der Waals surface area contributed by atoms with E-state index < -0.39 is 0 Å². The predicted octanol–water partition coefficient (Wildman–Crippen LogP) is 3.20. The fourth-order valence-corrected chi connectivity index (χ4v) is 1.20. The number of hydrogen-bond donors (Lipinski definition) is 1. The van der Waals surface area contributed by atoms with E-state index in [0.717, 1.165) is 4.91 Å². The van der Waals surface area contributed by atoms with Crippen molar-refractivity contribution in [3.05, 3.63) is 35.3 Å². The zero-order valence-corrected chi connectivity index (χ0v) is 7.88. The Morgan fingerprint density at radius 3 is 2.64 bits per heavy atom. The van der Waals surface area contributed by atoms with Gasteiger partial charge in [-0.2, -0.15) is 0 Å². The molecule has 0 spiro atoms. The van der Waals surface area contributed by atoms with Crippen molar-refractivity contribution in [2.75, 3.05) is 0 Å². The number of thiol groups is 1. The van der Waals surface area contributed by atoms with Gasteiger partial charge in [-0.3, -0.25) is 0 Å². The van der Waals surface area contributed by atoms with Crippen molar-refractivity contribution in [1.29, 1.82) is 0 Å². The van der Waals surface area contributed by atoms with E-state index in [2.05, 4.69) is 37.8 Å². The first kappa shape index (κ1) is 8.66. The summed E-state index contributed by atoms with van der Waals surface area (Å²) in [4.78, 5) is 1.16. The Bertz CT molecular complexity index is 205. The van der Waals surface area contributed by atoms with Crippen LogP contribution in [-0.4, -0.2) is 0 Å². The van der Waals surface area contributed by atoms with Gasteiger partial charge in [-0.15, -0.1) is 12.6 Å². The van der Waals surface area contributed by atoms with Gasteiger partial charge in [-0.1, -0.05) is 37.3 Å². The molecule has 0 aliphatic heterocycles. The molecule has 0 aromatic rings. The van der Waals surface area contributed by atoms with Crippen LogP contribution in [0.15, 0.2) is 35.3 Å². The summed E-state index contributed by atoms with van der Waals surface area (Å²) in [5, 5.41) is 0. The van der Waals surface area contributed by atoms with E-state index in [4.69, 9.17) is 0 Å². The van der Waals surface area contributed by atoms with E-state index in [1.165, 1.54) is 0 Å². The molecule has 1 aliphatic carbocycles. The van der Waals surface area contributed by atoms with Crippen LogP contribution in [0, 0.1) is 11.8 Å². The first-order valence-corrected chi connectivity index (χ1v) is 4.40. The minimum Gasteiger partial charge on any atom is -0.148 e. The highest BCUT2D eigenvalue weighted by Crippen LogP contribution is 2.32. The molecule has 0 fully saturated rings. The van der Waals surface area contributed by atoms with Gasteiger partial charge in [-0.05, 0) is 17.7 Å². The Kier molecular flexibility index (Phi) is 3.01. The van der Waals surface area contributed by atoms with Gasteiger partial charge in [0.2, 0.25) is 0 Å². The van der Waals surface area contributed by atoms with Crippen LogP contribution in [0.1, 0.15) is 13.8 Å². The SMILES string of the molecule is C/C=C/C=C(/S)C(C)C1C=C1. The summed E-state index contributed by atoms with van der Waals surface area (Å²) >= 11 is 4.41. The predicted molar refractivity (Wildman–Crippen MR) is 53.7 cm³/mol. The molecule has 0 aromatic heterocycles. The zero-order valence-electron chi connectivity index (χ0n) is 6.99. The Labute approximate surface area is 74.1 Å². The van der Waals surface area contributed by atoms with Crippen LogP contribution in [-0.2, 0) is 0 Å². The number of hydrogen-bond acceptors (Lipinski definition) is 1. The van der Waals surface area contributed by atoms with Gasteiger partial charge < -0.3 is 0 Å². The van der Waals surface area contributed by atoms with Crippen LogP contribution < -0.4 is 0 Å². The maximum atomic E-state index is 4.41. The first-order valence-electron chi connectivity index (χ1n) is 3.96. The highest BCUT2D eigenvalue weighted by Gasteiger charge is 2.20. The standard InChI is InChI=1S/C10H14S/c1-3-4-5-10(11)8(2)9-6-7-9/h3-9,11H,1-2H3/b4-3+,10-5+. The summed E-state index contributed by atoms with van der Waals surface area (Å²) in [5.41, 5.74) is 0. The molecule has 11 heavy (non-hydrogen) atoms. The third kappa shape index (κ3) is 2.58. The molecule has 0 saturated carbocycles. The minimum absolute atomic E-state index is 0.564. The zero-order chi connectivity index (χ0) is 8.27. The second kappa shape index (κ2) is 3.82. The average molecular weight is 166 g/mol. The Hall–Kier alpha value is -0.430. The third-order valence-electron chi connectivity index (χ3n) is 1.92. The normalized spacial score (nSPS) is 21.2. The molecule has 1 atom stereocenters. The highest BCUT2D eigenvalue weighted by molar-refractivity contribution is 7.84. The van der Waals surface area contributed by atoms with Crippen molar-refractivity contribution >= 4 is 12.6 Å². The Morgan fingerprint density at radius 2 is 2.18 bits per heavy atom. The van der Waals surface area contributed by atoms with Crippen LogP contribution >= 0.6 is 12.6 Å². The van der Waals surface area contributed by atoms with Crippen molar-refractivity contribution < 1.29 is 0 Å². The van der Waals surface area contributed by atoms with E-state index in [1.807, 2.05) is 19.1 Å². The molecule has 0 N–H and O–H groups in total. The van der Waals surface area contributed by atoms with Gasteiger partial charge in [-0.25, -0.2) is 0 Å². The molecule has 1 heteroatoms. The van der Waals surface area contributed by atoms with E-state index in [1.54, 1.807) is 0 Å². The van der Waals surface area contributed by atoms with Crippen LogP contribution in [0.2, 0.25) is 0 Å². The summed E-state index contributed by atoms with van der Waals surface area (Å²) in [7, 11) is 0. The maximum Gasteiger partial charge on any atom is 0.00180 e. The molecule has 0 heterocycles. The lowest BCUT2D eigenvalue weighted by Gasteiger charge is -2.08. The minimum atomic E-state index is 0.564. The topological polar surface area (TPSA) is 0 Å². The smallest absolute Gasteiger partial charge is 0.00180 e. The molecule has 0 saturated heterocycles. The number of rotatable bonds is 3. The van der Waals surface area contributed by atoms with Gasteiger partial charge in [0.15, 0.2) is 0 Å². The maximum absolute atomic E-state index is 4.41. The third-order valence-corrected chi connectivity index (χ3v) is 2.47. The largest absolute Gasteiger partial charge is 0.148 e. The molecule has 1 unspecified atom stereocenters. The van der Waals surface area contributed by atoms with Crippen LogP contribution in [0.4, 0.5) is 0 Å². The van der Waals surface area contributed by atoms with Gasteiger partial charge >= 0.3 is 0 Å². The quantitative estimate of drug-likeness (QED) is 0.371. The van der Waals surface area contributed by atoms with E-state index in [0.29, 0.717) is 11.8 Å². The van der Waals surface area contributed by atoms with E-state index in [-0.39, 0.29) is 0 Å². The van der Waals surface area contributed by atoms with Crippen LogP contribution in [0.25, 0.3) is 0 Å². The molecule has 0 nitrogen and oxygen atoms in total. The lowest BCUT2D eigenvalue weighted by atomic mass is 10.0. The van der Waals surface area contributed by atoms with Crippen molar-refractivity contribution in [1.82, 2.24) is 0 Å². The van der Waals surface area contributed by atoms with Crippen LogP contribution in [0.3, 0.4) is 0 Å². The van der Waals surface area contributed by atoms with Gasteiger partial charge in [0.25, 0.3) is 0 Å². The molecule has 1 rings (SSSR count). The lowest BCUT2D eigenvalue weighted by molar-refractivity contribution is 0.664. The molecular formula is C10H14S. The van der Waals surface area contributed by atoms with Gasteiger partial charge in [0, 0.05) is 5.92 Å². The van der Waals surface area contributed by atoms with Crippen molar-refractivity contribution in [2.24, 2.45) is 11.8 Å².